The van der Waals surface area contributed by atoms with E-state index in [9.17, 15) is 19.3 Å². The molecule has 0 spiro atoms. The number of halogens is 1. The van der Waals surface area contributed by atoms with Crippen molar-refractivity contribution in [2.24, 2.45) is 0 Å². The van der Waals surface area contributed by atoms with Crippen LogP contribution in [0.2, 0.25) is 0 Å². The molecule has 1 N–H and O–H groups in total. The van der Waals surface area contributed by atoms with E-state index < -0.39 is 22.5 Å². The molecule has 2 rings (SSSR count). The van der Waals surface area contributed by atoms with Crippen LogP contribution in [-0.2, 0) is 13.0 Å². The van der Waals surface area contributed by atoms with Crippen molar-refractivity contribution in [3.05, 3.63) is 39.8 Å². The van der Waals surface area contributed by atoms with Crippen molar-refractivity contribution in [2.75, 3.05) is 13.6 Å². The maximum Gasteiger partial charge on any atom is 0.407 e. The molecule has 128 valence electrons. The summed E-state index contributed by atoms with van der Waals surface area (Å²) in [5.41, 5.74) is -0.120. The quantitative estimate of drug-likeness (QED) is 0.638. The van der Waals surface area contributed by atoms with Crippen LogP contribution in [0.1, 0.15) is 12.6 Å². The number of hydrogen-bond donors (Lipinski definition) is 1. The van der Waals surface area contributed by atoms with E-state index in [1.807, 2.05) is 0 Å². The number of amides is 1. The number of nitro benzene ring substituents is 1. The number of aryl methyl sites for hydroxylation is 1. The highest BCUT2D eigenvalue weighted by molar-refractivity contribution is 5.66. The highest BCUT2D eigenvalue weighted by Crippen LogP contribution is 2.29. The highest BCUT2D eigenvalue weighted by Gasteiger charge is 2.23. The minimum atomic E-state index is -1.10. The predicted molar refractivity (Wildman–Crippen MR) is 82.1 cm³/mol. The molecule has 0 atom stereocenters. The van der Waals surface area contributed by atoms with Crippen LogP contribution in [0.25, 0.3) is 11.3 Å². The average Bonchev–Trinajstić information content (AvgIpc) is 2.95. The molecule has 0 radical (unpaired) electrons. The topological polar surface area (TPSA) is 114 Å². The first-order chi connectivity index (χ1) is 11.3. The number of likely N-dealkylation sites (N-methyl/N-ethyl adjacent to an activating group) is 1. The second-order valence-electron chi connectivity index (χ2n) is 5.03. The first-order valence-electron chi connectivity index (χ1n) is 7.16. The number of nitro groups is 1. The fourth-order valence-corrected chi connectivity index (χ4v) is 2.11. The van der Waals surface area contributed by atoms with E-state index in [1.165, 1.54) is 24.0 Å². The molecule has 0 fully saturated rings. The van der Waals surface area contributed by atoms with Gasteiger partial charge < -0.3 is 10.0 Å². The van der Waals surface area contributed by atoms with Gasteiger partial charge in [0.1, 0.15) is 5.69 Å². The van der Waals surface area contributed by atoms with Gasteiger partial charge in [-0.3, -0.25) is 10.1 Å². The molecule has 0 aliphatic heterocycles. The van der Waals surface area contributed by atoms with Crippen molar-refractivity contribution in [1.29, 1.82) is 0 Å². The maximum absolute atomic E-state index is 14.4. The Hall–Kier alpha value is -3.04. The average molecular weight is 337 g/mol. The molecular formula is C14H16FN5O4. The zero-order valence-corrected chi connectivity index (χ0v) is 13.1. The van der Waals surface area contributed by atoms with Gasteiger partial charge in [-0.2, -0.15) is 19.4 Å². The molecule has 2 aromatic rings. The summed E-state index contributed by atoms with van der Waals surface area (Å²) in [6.45, 7) is 2.36. The molecule has 0 aliphatic carbocycles. The smallest absolute Gasteiger partial charge is 0.407 e. The van der Waals surface area contributed by atoms with E-state index in [0.29, 0.717) is 12.2 Å². The van der Waals surface area contributed by atoms with Crippen LogP contribution in [0.4, 0.5) is 14.9 Å². The van der Waals surface area contributed by atoms with Crippen molar-refractivity contribution in [3.63, 3.8) is 0 Å². The van der Waals surface area contributed by atoms with Gasteiger partial charge in [-0.1, -0.05) is 6.07 Å². The van der Waals surface area contributed by atoms with E-state index in [4.69, 9.17) is 5.11 Å². The van der Waals surface area contributed by atoms with Gasteiger partial charge in [-0.25, -0.2) is 4.79 Å². The molecule has 1 amide bonds. The summed E-state index contributed by atoms with van der Waals surface area (Å²) >= 11 is 0. The SMILES string of the molecule is CCn1nc(CCN(C)C(=O)O)c(-c2cccc([N+](=O)[O-])c2F)n1. The van der Waals surface area contributed by atoms with Gasteiger partial charge in [0, 0.05) is 31.6 Å². The van der Waals surface area contributed by atoms with Gasteiger partial charge >= 0.3 is 11.8 Å². The molecule has 1 aromatic carbocycles. The van der Waals surface area contributed by atoms with E-state index in [2.05, 4.69) is 10.2 Å². The first kappa shape index (κ1) is 17.3. The molecule has 0 bridgehead atoms. The summed E-state index contributed by atoms with van der Waals surface area (Å²) in [5, 5.41) is 28.1. The largest absolute Gasteiger partial charge is 0.465 e. The van der Waals surface area contributed by atoms with E-state index in [-0.39, 0.29) is 24.2 Å². The summed E-state index contributed by atoms with van der Waals surface area (Å²) in [7, 11) is 1.40. The molecule has 24 heavy (non-hydrogen) atoms. The monoisotopic (exact) mass is 337 g/mol. The van der Waals surface area contributed by atoms with Crippen LogP contribution in [-0.4, -0.2) is 49.6 Å². The van der Waals surface area contributed by atoms with E-state index in [1.54, 1.807) is 6.92 Å². The Kier molecular flexibility index (Phi) is 5.07. The number of hydrogen-bond acceptors (Lipinski definition) is 5. The Bertz CT molecular complexity index is 777. The van der Waals surface area contributed by atoms with Crippen molar-refractivity contribution < 1.29 is 19.2 Å². The molecule has 9 nitrogen and oxygen atoms in total. The Morgan fingerprint density at radius 3 is 2.75 bits per heavy atom. The Morgan fingerprint density at radius 2 is 2.17 bits per heavy atom. The summed E-state index contributed by atoms with van der Waals surface area (Å²) in [6.07, 6.45) is -0.888. The molecule has 0 aliphatic rings. The fourth-order valence-electron chi connectivity index (χ4n) is 2.11. The first-order valence-corrected chi connectivity index (χ1v) is 7.16. The van der Waals surface area contributed by atoms with Crippen LogP contribution in [0, 0.1) is 15.9 Å². The van der Waals surface area contributed by atoms with Gasteiger partial charge in [0.05, 0.1) is 17.2 Å². The van der Waals surface area contributed by atoms with Gasteiger partial charge in [0.2, 0.25) is 5.82 Å². The summed E-state index contributed by atoms with van der Waals surface area (Å²) in [4.78, 5) is 23.4. The lowest BCUT2D eigenvalue weighted by Gasteiger charge is -2.11. The molecule has 1 heterocycles. The van der Waals surface area contributed by atoms with Crippen LogP contribution >= 0.6 is 0 Å². The number of benzene rings is 1. The van der Waals surface area contributed by atoms with Crippen molar-refractivity contribution in [1.82, 2.24) is 19.9 Å². The Labute approximate surface area is 136 Å². The standard InChI is InChI=1S/C14H16FN5O4/c1-3-19-16-10(7-8-18(2)14(21)22)13(17-19)9-5-4-6-11(12(9)15)20(23)24/h4-6H,3,7-8H2,1-2H3,(H,21,22). The predicted octanol–water partition coefficient (Wildman–Crippen LogP) is 2.16. The van der Waals surface area contributed by atoms with Gasteiger partial charge in [-0.15, -0.1) is 0 Å². The van der Waals surface area contributed by atoms with Crippen LogP contribution in [0.3, 0.4) is 0 Å². The lowest BCUT2D eigenvalue weighted by Crippen LogP contribution is -2.27. The molecule has 10 heteroatoms. The third-order valence-corrected chi connectivity index (χ3v) is 3.45. The van der Waals surface area contributed by atoms with Crippen LogP contribution < -0.4 is 0 Å². The summed E-state index contributed by atoms with van der Waals surface area (Å²) in [6, 6.07) is 3.83. The van der Waals surface area contributed by atoms with E-state index >= 15 is 0 Å². The summed E-state index contributed by atoms with van der Waals surface area (Å²) < 4.78 is 14.4. The second kappa shape index (κ2) is 7.02. The number of aromatic nitrogens is 3. The van der Waals surface area contributed by atoms with Crippen LogP contribution in [0.15, 0.2) is 18.2 Å². The molecule has 0 saturated heterocycles. The lowest BCUT2D eigenvalue weighted by molar-refractivity contribution is -0.387. The molecule has 0 saturated carbocycles. The number of carboxylic acid groups (broad SMARTS) is 1. The molecular weight excluding hydrogens is 321 g/mol. The van der Waals surface area contributed by atoms with Crippen molar-refractivity contribution in [2.45, 2.75) is 19.9 Å². The Balaban J connectivity index is 2.43. The number of rotatable bonds is 6. The van der Waals surface area contributed by atoms with Gasteiger partial charge in [-0.05, 0) is 13.0 Å². The highest BCUT2D eigenvalue weighted by atomic mass is 19.1. The zero-order chi connectivity index (χ0) is 17.9. The van der Waals surface area contributed by atoms with Crippen LogP contribution in [0.5, 0.6) is 0 Å². The van der Waals surface area contributed by atoms with Crippen molar-refractivity contribution >= 4 is 11.8 Å². The second-order valence-corrected chi connectivity index (χ2v) is 5.03. The minimum absolute atomic E-state index is 0.0307. The minimum Gasteiger partial charge on any atom is -0.465 e. The lowest BCUT2D eigenvalue weighted by atomic mass is 10.1. The van der Waals surface area contributed by atoms with Crippen molar-refractivity contribution in [3.8, 4) is 11.3 Å². The van der Waals surface area contributed by atoms with E-state index in [0.717, 1.165) is 11.0 Å². The fraction of sp³-hybridized carbons (Fsp3) is 0.357. The molecule has 1 aromatic heterocycles. The van der Waals surface area contributed by atoms with Gasteiger partial charge in [0.25, 0.3) is 0 Å². The molecule has 0 unspecified atom stereocenters. The van der Waals surface area contributed by atoms with Gasteiger partial charge in [0.15, 0.2) is 0 Å². The third kappa shape index (κ3) is 3.47. The zero-order valence-electron chi connectivity index (χ0n) is 13.1. The number of carbonyl (C=O) groups is 1. The maximum atomic E-state index is 14.4. The third-order valence-electron chi connectivity index (χ3n) is 3.45. The summed E-state index contributed by atoms with van der Waals surface area (Å²) in [5.74, 6) is -0.988. The Morgan fingerprint density at radius 1 is 1.46 bits per heavy atom. The number of nitrogens with zero attached hydrogens (tertiary/aromatic N) is 5. The normalized spacial score (nSPS) is 10.6.